The Balaban J connectivity index is 1.55. The van der Waals surface area contributed by atoms with Crippen LogP contribution in [0, 0.1) is 0 Å². The third-order valence-electron chi connectivity index (χ3n) is 3.97. The van der Waals surface area contributed by atoms with Gasteiger partial charge in [-0.2, -0.15) is 4.80 Å². The quantitative estimate of drug-likeness (QED) is 0.733. The van der Waals surface area contributed by atoms with Crippen molar-refractivity contribution in [3.8, 4) is 0 Å². The van der Waals surface area contributed by atoms with Crippen molar-refractivity contribution in [3.63, 3.8) is 0 Å². The predicted octanol–water partition coefficient (Wildman–Crippen LogP) is -0.493. The number of aromatic nitrogens is 4. The van der Waals surface area contributed by atoms with Crippen LogP contribution in [0.1, 0.15) is 18.7 Å². The molecule has 1 aromatic rings. The van der Waals surface area contributed by atoms with Gasteiger partial charge in [0.05, 0.1) is 26.8 Å². The molecule has 1 aromatic heterocycles. The molecule has 2 saturated heterocycles. The van der Waals surface area contributed by atoms with E-state index >= 15 is 0 Å². The molecule has 2 fully saturated rings. The molecule has 0 spiro atoms. The number of ether oxygens (including phenoxy) is 1. The third kappa shape index (κ3) is 3.29. The fourth-order valence-electron chi connectivity index (χ4n) is 2.96. The molecule has 0 N–H and O–H groups in total. The van der Waals surface area contributed by atoms with Crippen LogP contribution in [0.15, 0.2) is 0 Å². The highest BCUT2D eigenvalue weighted by molar-refractivity contribution is 4.87. The van der Waals surface area contributed by atoms with Crippen molar-refractivity contribution >= 4 is 0 Å². The second kappa shape index (κ2) is 5.94. The molecule has 0 amide bonds. The SMILES string of the molecule is Cn1nnc(CN2CCC[C@H]2CN2CCOCC2)n1. The number of morpholine rings is 1. The van der Waals surface area contributed by atoms with Gasteiger partial charge in [0.1, 0.15) is 0 Å². The maximum Gasteiger partial charge on any atom is 0.188 e. The van der Waals surface area contributed by atoms with E-state index in [0.29, 0.717) is 6.04 Å². The van der Waals surface area contributed by atoms with Crippen molar-refractivity contribution < 1.29 is 4.74 Å². The summed E-state index contributed by atoms with van der Waals surface area (Å²) in [4.78, 5) is 6.53. The molecular formula is C12H22N6O. The van der Waals surface area contributed by atoms with Gasteiger partial charge in [-0.05, 0) is 24.6 Å². The van der Waals surface area contributed by atoms with Gasteiger partial charge in [-0.3, -0.25) is 9.80 Å². The van der Waals surface area contributed by atoms with Crippen LogP contribution in [0.3, 0.4) is 0 Å². The highest BCUT2D eigenvalue weighted by atomic mass is 16.5. The highest BCUT2D eigenvalue weighted by Gasteiger charge is 2.27. The van der Waals surface area contributed by atoms with E-state index in [2.05, 4.69) is 25.2 Å². The molecular weight excluding hydrogens is 244 g/mol. The van der Waals surface area contributed by atoms with Crippen LogP contribution in [0.2, 0.25) is 0 Å². The van der Waals surface area contributed by atoms with Crippen LogP contribution >= 0.6 is 0 Å². The summed E-state index contributed by atoms with van der Waals surface area (Å²) in [5.41, 5.74) is 0. The summed E-state index contributed by atoms with van der Waals surface area (Å²) in [6.07, 6.45) is 2.55. The molecule has 7 nitrogen and oxygen atoms in total. The van der Waals surface area contributed by atoms with E-state index in [1.807, 2.05) is 7.05 Å². The maximum atomic E-state index is 5.40. The van der Waals surface area contributed by atoms with Gasteiger partial charge < -0.3 is 4.74 Å². The van der Waals surface area contributed by atoms with Crippen LogP contribution in [-0.4, -0.2) is 75.4 Å². The summed E-state index contributed by atoms with van der Waals surface area (Å²) in [6, 6.07) is 0.627. The normalized spacial score (nSPS) is 26.1. The van der Waals surface area contributed by atoms with Gasteiger partial charge in [-0.15, -0.1) is 10.2 Å². The molecule has 0 aliphatic carbocycles. The lowest BCUT2D eigenvalue weighted by molar-refractivity contribution is 0.0260. The molecule has 2 aliphatic rings. The van der Waals surface area contributed by atoms with Gasteiger partial charge in [0, 0.05) is 25.7 Å². The lowest BCUT2D eigenvalue weighted by atomic mass is 10.2. The van der Waals surface area contributed by atoms with Gasteiger partial charge >= 0.3 is 0 Å². The van der Waals surface area contributed by atoms with Crippen molar-refractivity contribution in [2.45, 2.75) is 25.4 Å². The van der Waals surface area contributed by atoms with Crippen LogP contribution in [0.5, 0.6) is 0 Å². The van der Waals surface area contributed by atoms with Gasteiger partial charge in [0.25, 0.3) is 0 Å². The van der Waals surface area contributed by atoms with E-state index in [9.17, 15) is 0 Å². The second-order valence-electron chi connectivity index (χ2n) is 5.37. The summed E-state index contributed by atoms with van der Waals surface area (Å²) in [6.45, 7) is 6.98. The van der Waals surface area contributed by atoms with Crippen LogP contribution < -0.4 is 0 Å². The van der Waals surface area contributed by atoms with E-state index < -0.39 is 0 Å². The topological polar surface area (TPSA) is 59.3 Å². The molecule has 106 valence electrons. The zero-order valence-electron chi connectivity index (χ0n) is 11.5. The number of nitrogens with zero attached hydrogens (tertiary/aromatic N) is 6. The molecule has 0 saturated carbocycles. The van der Waals surface area contributed by atoms with Crippen molar-refractivity contribution in [2.75, 3.05) is 39.4 Å². The second-order valence-corrected chi connectivity index (χ2v) is 5.37. The molecule has 0 aromatic carbocycles. The average Bonchev–Trinajstić information content (AvgIpc) is 3.01. The number of likely N-dealkylation sites (tertiary alicyclic amines) is 1. The molecule has 1 atom stereocenters. The molecule has 0 bridgehead atoms. The Bertz CT molecular complexity index is 403. The number of hydrogen-bond acceptors (Lipinski definition) is 6. The molecule has 3 heterocycles. The summed E-state index contributed by atoms with van der Waals surface area (Å²) < 4.78 is 5.40. The Kier molecular flexibility index (Phi) is 4.05. The average molecular weight is 266 g/mol. The first-order chi connectivity index (χ1) is 9.31. The minimum absolute atomic E-state index is 0.627. The van der Waals surface area contributed by atoms with Crippen LogP contribution in [-0.2, 0) is 18.3 Å². The number of aryl methyl sites for hydroxylation is 1. The summed E-state index contributed by atoms with van der Waals surface area (Å²) in [7, 11) is 1.81. The maximum absolute atomic E-state index is 5.40. The Morgan fingerprint density at radius 3 is 2.84 bits per heavy atom. The van der Waals surface area contributed by atoms with Crippen LogP contribution in [0.4, 0.5) is 0 Å². The monoisotopic (exact) mass is 266 g/mol. The minimum Gasteiger partial charge on any atom is -0.379 e. The van der Waals surface area contributed by atoms with E-state index in [1.165, 1.54) is 17.6 Å². The van der Waals surface area contributed by atoms with Crippen molar-refractivity contribution in [1.82, 2.24) is 30.0 Å². The lowest BCUT2D eigenvalue weighted by Crippen LogP contribution is -2.44. The molecule has 3 rings (SSSR count). The Labute approximate surface area is 113 Å². The summed E-state index contributed by atoms with van der Waals surface area (Å²) in [5, 5.41) is 12.3. The fourth-order valence-corrected chi connectivity index (χ4v) is 2.96. The fraction of sp³-hybridized carbons (Fsp3) is 0.917. The number of hydrogen-bond donors (Lipinski definition) is 0. The van der Waals surface area contributed by atoms with E-state index in [-0.39, 0.29) is 0 Å². The largest absolute Gasteiger partial charge is 0.379 e. The molecule has 19 heavy (non-hydrogen) atoms. The first kappa shape index (κ1) is 13.0. The molecule has 0 unspecified atom stereocenters. The van der Waals surface area contributed by atoms with E-state index in [0.717, 1.165) is 51.8 Å². The van der Waals surface area contributed by atoms with E-state index in [1.54, 1.807) is 0 Å². The van der Waals surface area contributed by atoms with Crippen LogP contribution in [0.25, 0.3) is 0 Å². The van der Waals surface area contributed by atoms with Crippen molar-refractivity contribution in [3.05, 3.63) is 5.82 Å². The smallest absolute Gasteiger partial charge is 0.188 e. The van der Waals surface area contributed by atoms with Gasteiger partial charge in [0.15, 0.2) is 5.82 Å². The standard InChI is InChI=1S/C12H22N6O/c1-16-14-12(13-15-16)10-18-4-2-3-11(18)9-17-5-7-19-8-6-17/h11H,2-10H2,1H3/t11-/m0/s1. The first-order valence-corrected chi connectivity index (χ1v) is 7.08. The zero-order valence-corrected chi connectivity index (χ0v) is 11.5. The van der Waals surface area contributed by atoms with Crippen molar-refractivity contribution in [1.29, 1.82) is 0 Å². The summed E-state index contributed by atoms with van der Waals surface area (Å²) >= 11 is 0. The Morgan fingerprint density at radius 2 is 2.11 bits per heavy atom. The Hall–Kier alpha value is -1.05. The first-order valence-electron chi connectivity index (χ1n) is 7.08. The Morgan fingerprint density at radius 1 is 1.26 bits per heavy atom. The molecule has 7 heteroatoms. The molecule has 2 aliphatic heterocycles. The van der Waals surface area contributed by atoms with E-state index in [4.69, 9.17) is 4.74 Å². The molecule has 0 radical (unpaired) electrons. The highest BCUT2D eigenvalue weighted by Crippen LogP contribution is 2.20. The van der Waals surface area contributed by atoms with Gasteiger partial charge in [0.2, 0.25) is 0 Å². The van der Waals surface area contributed by atoms with Gasteiger partial charge in [-0.1, -0.05) is 0 Å². The lowest BCUT2D eigenvalue weighted by Gasteiger charge is -2.32. The summed E-state index contributed by atoms with van der Waals surface area (Å²) in [5.74, 6) is 0.830. The number of tetrazole rings is 1. The predicted molar refractivity (Wildman–Crippen MR) is 69.5 cm³/mol. The zero-order chi connectivity index (χ0) is 13.1. The number of rotatable bonds is 4. The minimum atomic E-state index is 0.627. The van der Waals surface area contributed by atoms with Crippen molar-refractivity contribution in [2.24, 2.45) is 7.05 Å². The third-order valence-corrected chi connectivity index (χ3v) is 3.97. The van der Waals surface area contributed by atoms with Gasteiger partial charge in [-0.25, -0.2) is 0 Å².